The van der Waals surface area contributed by atoms with Crippen LogP contribution in [0, 0.1) is 0 Å². The number of rotatable bonds is 1. The highest BCUT2D eigenvalue weighted by atomic mass is 79.9. The molecule has 3 rings (SSSR count). The Labute approximate surface area is 104 Å². The van der Waals surface area contributed by atoms with Crippen LogP contribution in [-0.2, 0) is 0 Å². The van der Waals surface area contributed by atoms with Crippen molar-refractivity contribution in [3.05, 3.63) is 32.9 Å². The summed E-state index contributed by atoms with van der Waals surface area (Å²) < 4.78 is 1.20. The van der Waals surface area contributed by atoms with E-state index in [1.54, 1.807) is 0 Å². The van der Waals surface area contributed by atoms with Gasteiger partial charge in [-0.15, -0.1) is 0 Å². The second-order valence-electron chi connectivity index (χ2n) is 4.70. The molecule has 1 saturated carbocycles. The molecule has 0 saturated heterocycles. The predicted molar refractivity (Wildman–Crippen MR) is 71.6 cm³/mol. The fourth-order valence-corrected chi connectivity index (χ4v) is 3.66. The maximum absolute atomic E-state index is 3.69. The molecule has 0 unspecified atom stereocenters. The lowest BCUT2D eigenvalue weighted by Crippen LogP contribution is -2.25. The van der Waals surface area contributed by atoms with Gasteiger partial charge in [-0.25, -0.2) is 0 Å². The molecule has 2 aliphatic rings. The summed E-state index contributed by atoms with van der Waals surface area (Å²) in [6, 6.07) is 0. The molecule has 2 aliphatic carbocycles. The zero-order valence-corrected chi connectivity index (χ0v) is 10.9. The summed E-state index contributed by atoms with van der Waals surface area (Å²) in [6.07, 6.45) is 15.4. The van der Waals surface area contributed by atoms with E-state index in [4.69, 9.17) is 0 Å². The second-order valence-corrected chi connectivity index (χ2v) is 5.49. The molecule has 2 heteroatoms. The van der Waals surface area contributed by atoms with Crippen LogP contribution in [0.25, 0.3) is 12.2 Å². The first kappa shape index (κ1) is 10.4. The zero-order valence-electron chi connectivity index (χ0n) is 9.30. The average Bonchev–Trinajstić information content (AvgIpc) is 2.81. The first-order chi connectivity index (χ1) is 7.86. The molecule has 1 N–H and O–H groups in total. The topological polar surface area (TPSA) is 15.8 Å². The quantitative estimate of drug-likeness (QED) is 0.813. The minimum Gasteiger partial charge on any atom is -0.349 e. The lowest BCUT2D eigenvalue weighted by atomic mass is 9.98. The van der Waals surface area contributed by atoms with Gasteiger partial charge >= 0.3 is 0 Å². The van der Waals surface area contributed by atoms with Crippen molar-refractivity contribution < 1.29 is 0 Å². The Hall–Kier alpha value is -0.760. The summed E-state index contributed by atoms with van der Waals surface area (Å²) >= 11 is 3.69. The van der Waals surface area contributed by atoms with E-state index in [0.29, 0.717) is 0 Å². The van der Waals surface area contributed by atoms with Crippen molar-refractivity contribution in [2.75, 3.05) is 0 Å². The van der Waals surface area contributed by atoms with Crippen molar-refractivity contribution in [3.63, 3.8) is 0 Å². The molecule has 1 nitrogen and oxygen atoms in total. The van der Waals surface area contributed by atoms with Crippen LogP contribution in [0.1, 0.15) is 43.6 Å². The van der Waals surface area contributed by atoms with Crippen LogP contribution < -0.4 is 10.6 Å². The lowest BCUT2D eigenvalue weighted by molar-refractivity contribution is 0.716. The Morgan fingerprint density at radius 1 is 1.25 bits per heavy atom. The van der Waals surface area contributed by atoms with Crippen LogP contribution in [0.2, 0.25) is 0 Å². The van der Waals surface area contributed by atoms with E-state index in [1.165, 1.54) is 46.4 Å². The van der Waals surface area contributed by atoms with Gasteiger partial charge in [0, 0.05) is 10.6 Å². The minimum atomic E-state index is 0.761. The number of hydrogen-bond acceptors (Lipinski definition) is 0. The highest BCUT2D eigenvalue weighted by molar-refractivity contribution is 9.10. The number of aromatic nitrogens is 1. The number of aromatic amines is 1. The largest absolute Gasteiger partial charge is 0.349 e. The molecule has 0 spiro atoms. The van der Waals surface area contributed by atoms with Crippen molar-refractivity contribution in [3.8, 4) is 0 Å². The number of H-pyrrole nitrogens is 1. The molecular formula is C14H16BrN. The molecule has 0 amide bonds. The van der Waals surface area contributed by atoms with E-state index >= 15 is 0 Å². The molecule has 1 aromatic rings. The van der Waals surface area contributed by atoms with Crippen LogP contribution in [0.5, 0.6) is 0 Å². The molecule has 0 bridgehead atoms. The molecular weight excluding hydrogens is 262 g/mol. The minimum absolute atomic E-state index is 0.761. The Kier molecular flexibility index (Phi) is 2.76. The van der Waals surface area contributed by atoms with Crippen molar-refractivity contribution in [1.29, 1.82) is 0 Å². The molecule has 16 heavy (non-hydrogen) atoms. The maximum atomic E-state index is 3.69. The van der Waals surface area contributed by atoms with Gasteiger partial charge in [-0.1, -0.05) is 31.1 Å². The molecule has 0 aliphatic heterocycles. The molecule has 0 radical (unpaired) electrons. The molecule has 1 heterocycles. The third-order valence-corrected chi connectivity index (χ3v) is 4.31. The molecule has 1 aromatic heterocycles. The smallest absolute Gasteiger partial charge is 0.0866 e. The van der Waals surface area contributed by atoms with Gasteiger partial charge in [-0.3, -0.25) is 0 Å². The Morgan fingerprint density at radius 3 is 2.88 bits per heavy atom. The van der Waals surface area contributed by atoms with E-state index in [1.807, 2.05) is 0 Å². The summed E-state index contributed by atoms with van der Waals surface area (Å²) in [6.45, 7) is 0. The third-order valence-electron chi connectivity index (χ3n) is 3.68. The lowest BCUT2D eigenvalue weighted by Gasteiger charge is -2.07. The van der Waals surface area contributed by atoms with Gasteiger partial charge in [-0.2, -0.15) is 0 Å². The van der Waals surface area contributed by atoms with E-state index in [-0.39, 0.29) is 0 Å². The van der Waals surface area contributed by atoms with Crippen molar-refractivity contribution >= 4 is 28.1 Å². The Balaban J connectivity index is 2.19. The second kappa shape index (κ2) is 4.25. The van der Waals surface area contributed by atoms with Crippen molar-refractivity contribution in [1.82, 2.24) is 4.98 Å². The number of halogens is 1. The van der Waals surface area contributed by atoms with E-state index < -0.39 is 0 Å². The van der Waals surface area contributed by atoms with Crippen molar-refractivity contribution in [2.24, 2.45) is 0 Å². The van der Waals surface area contributed by atoms with Gasteiger partial charge < -0.3 is 4.98 Å². The SMILES string of the molecule is Brc1[nH]c2c(c1C1CCCC1)=CCC=CC=2. The average molecular weight is 278 g/mol. The number of allylic oxidation sites excluding steroid dienone is 2. The first-order valence-electron chi connectivity index (χ1n) is 6.10. The van der Waals surface area contributed by atoms with Gasteiger partial charge in [0.15, 0.2) is 0 Å². The molecule has 1 fully saturated rings. The highest BCUT2D eigenvalue weighted by Gasteiger charge is 2.21. The molecule has 0 aromatic carbocycles. The number of hydrogen-bond donors (Lipinski definition) is 1. The fraction of sp³-hybridized carbons (Fsp3) is 0.429. The van der Waals surface area contributed by atoms with Crippen LogP contribution in [0.3, 0.4) is 0 Å². The van der Waals surface area contributed by atoms with Crippen LogP contribution in [0.4, 0.5) is 0 Å². The summed E-state index contributed by atoms with van der Waals surface area (Å²) in [5.41, 5.74) is 1.52. The van der Waals surface area contributed by atoms with E-state index in [0.717, 1.165) is 12.3 Å². The fourth-order valence-electron chi connectivity index (χ4n) is 2.91. The van der Waals surface area contributed by atoms with Gasteiger partial charge in [0.1, 0.15) is 0 Å². The maximum Gasteiger partial charge on any atom is 0.0866 e. The predicted octanol–water partition coefficient (Wildman–Crippen LogP) is 2.96. The summed E-state index contributed by atoms with van der Waals surface area (Å²) in [5, 5.41) is 2.70. The highest BCUT2D eigenvalue weighted by Crippen LogP contribution is 2.34. The molecule has 0 atom stereocenters. The first-order valence-corrected chi connectivity index (χ1v) is 6.90. The van der Waals surface area contributed by atoms with Crippen LogP contribution in [-0.4, -0.2) is 4.98 Å². The van der Waals surface area contributed by atoms with Gasteiger partial charge in [0.05, 0.1) is 4.60 Å². The van der Waals surface area contributed by atoms with Crippen LogP contribution >= 0.6 is 15.9 Å². The van der Waals surface area contributed by atoms with Crippen LogP contribution in [0.15, 0.2) is 16.8 Å². The Morgan fingerprint density at radius 2 is 2.06 bits per heavy atom. The normalized spacial score (nSPS) is 20.1. The Bertz CT molecular complexity index is 530. The van der Waals surface area contributed by atoms with Gasteiger partial charge in [-0.05, 0) is 52.7 Å². The number of nitrogens with one attached hydrogen (secondary N) is 1. The number of fused-ring (bicyclic) bond motifs is 1. The van der Waals surface area contributed by atoms with E-state index in [9.17, 15) is 0 Å². The van der Waals surface area contributed by atoms with Crippen molar-refractivity contribution in [2.45, 2.75) is 38.0 Å². The van der Waals surface area contributed by atoms with E-state index in [2.05, 4.69) is 45.2 Å². The standard InChI is InChI=1S/C14H16BrN/c15-14-13(10-6-4-5-7-10)11-8-2-1-3-9-12(11)16-14/h1,3,8-10,16H,2,4-7H2. The summed E-state index contributed by atoms with van der Waals surface area (Å²) in [7, 11) is 0. The summed E-state index contributed by atoms with van der Waals surface area (Å²) in [4.78, 5) is 3.46. The summed E-state index contributed by atoms with van der Waals surface area (Å²) in [5.74, 6) is 0.761. The monoisotopic (exact) mass is 277 g/mol. The molecule has 84 valence electrons. The third kappa shape index (κ3) is 1.69. The van der Waals surface area contributed by atoms with Gasteiger partial charge in [0.25, 0.3) is 0 Å². The zero-order chi connectivity index (χ0) is 11.0. The van der Waals surface area contributed by atoms with Gasteiger partial charge in [0.2, 0.25) is 0 Å².